The van der Waals surface area contributed by atoms with Crippen LogP contribution in [0.2, 0.25) is 0 Å². The van der Waals surface area contributed by atoms with Gasteiger partial charge in [-0.3, -0.25) is 4.79 Å². The number of amides is 1. The number of rotatable bonds is 8. The predicted molar refractivity (Wildman–Crippen MR) is 73.8 cm³/mol. The van der Waals surface area contributed by atoms with Crippen LogP contribution in [-0.4, -0.2) is 30.1 Å². The molecule has 2 rings (SSSR count). The highest BCUT2D eigenvalue weighted by atomic mass is 16.5. The van der Waals surface area contributed by atoms with Crippen molar-refractivity contribution in [3.05, 3.63) is 23.9 Å². The van der Waals surface area contributed by atoms with E-state index in [0.717, 1.165) is 11.4 Å². The predicted octanol–water partition coefficient (Wildman–Crippen LogP) is 1.70. The minimum Gasteiger partial charge on any atom is -0.381 e. The summed E-state index contributed by atoms with van der Waals surface area (Å²) < 4.78 is 5.15. The summed E-state index contributed by atoms with van der Waals surface area (Å²) in [5, 5.41) is 6.22. The highest BCUT2D eigenvalue weighted by Crippen LogP contribution is 2.23. The average Bonchev–Trinajstić information content (AvgIpc) is 3.21. The molecule has 0 radical (unpaired) electrons. The van der Waals surface area contributed by atoms with Crippen molar-refractivity contribution in [1.82, 2.24) is 10.3 Å². The van der Waals surface area contributed by atoms with Crippen LogP contribution in [0.4, 0.5) is 5.82 Å². The minimum absolute atomic E-state index is 0.0157. The molecule has 1 fully saturated rings. The van der Waals surface area contributed by atoms with Gasteiger partial charge in [0.25, 0.3) is 0 Å². The Bertz CT molecular complexity index is 419. The molecule has 19 heavy (non-hydrogen) atoms. The molecule has 0 aromatic carbocycles. The Balaban J connectivity index is 1.73. The number of hydrogen-bond donors (Lipinski definition) is 2. The molecule has 1 aromatic rings. The number of aromatic nitrogens is 1. The molecule has 0 bridgehead atoms. The van der Waals surface area contributed by atoms with Gasteiger partial charge in [-0.15, -0.1) is 0 Å². The van der Waals surface area contributed by atoms with E-state index in [2.05, 4.69) is 15.6 Å². The van der Waals surface area contributed by atoms with E-state index in [0.29, 0.717) is 32.2 Å². The van der Waals surface area contributed by atoms with Crippen molar-refractivity contribution in [2.45, 2.75) is 38.8 Å². The quantitative estimate of drug-likeness (QED) is 0.701. The number of pyridine rings is 1. The Kier molecular flexibility index (Phi) is 5.15. The fourth-order valence-electron chi connectivity index (χ4n) is 1.70. The highest BCUT2D eigenvalue weighted by Gasteiger charge is 2.21. The van der Waals surface area contributed by atoms with Crippen molar-refractivity contribution in [2.24, 2.45) is 0 Å². The fraction of sp³-hybridized carbons (Fsp3) is 0.571. The Hall–Kier alpha value is -1.62. The van der Waals surface area contributed by atoms with Gasteiger partial charge in [-0.05, 0) is 37.5 Å². The summed E-state index contributed by atoms with van der Waals surface area (Å²) in [6, 6.07) is 4.49. The number of ether oxygens (including phenoxy) is 1. The van der Waals surface area contributed by atoms with E-state index in [1.54, 1.807) is 6.20 Å². The second-order valence-corrected chi connectivity index (χ2v) is 4.69. The lowest BCUT2D eigenvalue weighted by molar-refractivity contribution is -0.122. The van der Waals surface area contributed by atoms with Crippen molar-refractivity contribution >= 4 is 11.7 Å². The van der Waals surface area contributed by atoms with Crippen LogP contribution in [0.5, 0.6) is 0 Å². The maximum atomic E-state index is 11.5. The molecule has 2 N–H and O–H groups in total. The lowest BCUT2D eigenvalue weighted by atomic mass is 10.2. The molecule has 5 nitrogen and oxygen atoms in total. The van der Waals surface area contributed by atoms with Gasteiger partial charge < -0.3 is 15.4 Å². The third-order valence-electron chi connectivity index (χ3n) is 2.92. The second kappa shape index (κ2) is 7.09. The highest BCUT2D eigenvalue weighted by molar-refractivity contribution is 5.75. The summed E-state index contributed by atoms with van der Waals surface area (Å²) >= 11 is 0. The molecule has 1 aliphatic rings. The first-order valence-electron chi connectivity index (χ1n) is 6.84. The first kappa shape index (κ1) is 13.8. The van der Waals surface area contributed by atoms with E-state index in [1.807, 2.05) is 19.1 Å². The van der Waals surface area contributed by atoms with Crippen molar-refractivity contribution in [1.29, 1.82) is 0 Å². The zero-order valence-corrected chi connectivity index (χ0v) is 11.3. The Labute approximate surface area is 113 Å². The maximum absolute atomic E-state index is 11.5. The van der Waals surface area contributed by atoms with Crippen molar-refractivity contribution in [3.63, 3.8) is 0 Å². The molecule has 1 saturated carbocycles. The molecular weight excluding hydrogens is 242 g/mol. The van der Waals surface area contributed by atoms with Gasteiger partial charge in [-0.2, -0.15) is 0 Å². The summed E-state index contributed by atoms with van der Waals surface area (Å²) in [4.78, 5) is 15.8. The van der Waals surface area contributed by atoms with E-state index in [4.69, 9.17) is 4.74 Å². The van der Waals surface area contributed by atoms with Gasteiger partial charge in [0.1, 0.15) is 5.82 Å². The van der Waals surface area contributed by atoms with E-state index in [-0.39, 0.29) is 5.91 Å². The summed E-state index contributed by atoms with van der Waals surface area (Å²) in [7, 11) is 0. The van der Waals surface area contributed by atoms with Gasteiger partial charge >= 0.3 is 0 Å². The van der Waals surface area contributed by atoms with Gasteiger partial charge in [0, 0.05) is 31.8 Å². The molecule has 1 amide bonds. The van der Waals surface area contributed by atoms with Crippen LogP contribution in [0.3, 0.4) is 0 Å². The van der Waals surface area contributed by atoms with Crippen LogP contribution in [0.1, 0.15) is 31.7 Å². The van der Waals surface area contributed by atoms with Crippen molar-refractivity contribution in [3.8, 4) is 0 Å². The summed E-state index contributed by atoms with van der Waals surface area (Å²) in [5.74, 6) is 0.908. The largest absolute Gasteiger partial charge is 0.381 e. The average molecular weight is 263 g/mol. The number of carbonyl (C=O) groups excluding carboxylic acids is 1. The lowest BCUT2D eigenvalue weighted by Gasteiger charge is -2.08. The molecule has 0 atom stereocenters. The van der Waals surface area contributed by atoms with Gasteiger partial charge in [0.05, 0.1) is 6.61 Å². The number of carbonyl (C=O) groups is 1. The molecule has 0 unspecified atom stereocenters. The molecule has 0 spiro atoms. The van der Waals surface area contributed by atoms with Gasteiger partial charge in [0.15, 0.2) is 0 Å². The van der Waals surface area contributed by atoms with Gasteiger partial charge in [-0.25, -0.2) is 4.98 Å². The number of nitrogens with zero attached hydrogens (tertiary/aromatic N) is 1. The van der Waals surface area contributed by atoms with E-state index < -0.39 is 0 Å². The first-order chi connectivity index (χ1) is 9.28. The van der Waals surface area contributed by atoms with E-state index in [1.165, 1.54) is 12.8 Å². The fourth-order valence-corrected chi connectivity index (χ4v) is 1.70. The zero-order chi connectivity index (χ0) is 13.5. The maximum Gasteiger partial charge on any atom is 0.222 e. The van der Waals surface area contributed by atoms with Crippen LogP contribution in [0.25, 0.3) is 0 Å². The third-order valence-corrected chi connectivity index (χ3v) is 2.92. The van der Waals surface area contributed by atoms with Crippen molar-refractivity contribution < 1.29 is 9.53 Å². The Morgan fingerprint density at radius 3 is 3.11 bits per heavy atom. The number of nitrogens with one attached hydrogen (secondary N) is 2. The standard InChI is InChI=1S/C14H21N3O2/c1-2-19-8-6-14(18)16-10-11-5-7-15-13(9-11)17-12-3-4-12/h5,7,9,12H,2-4,6,8,10H2,1H3,(H,15,17)(H,16,18). The molecule has 1 heterocycles. The molecule has 0 saturated heterocycles. The molecule has 1 aromatic heterocycles. The van der Waals surface area contributed by atoms with Gasteiger partial charge in [-0.1, -0.05) is 0 Å². The topological polar surface area (TPSA) is 63.2 Å². The van der Waals surface area contributed by atoms with Crippen LogP contribution < -0.4 is 10.6 Å². The molecular formula is C14H21N3O2. The summed E-state index contributed by atoms with van der Waals surface area (Å²) in [5.41, 5.74) is 1.06. The third kappa shape index (κ3) is 5.26. The van der Waals surface area contributed by atoms with Crippen LogP contribution in [-0.2, 0) is 16.1 Å². The normalized spacial score (nSPS) is 14.2. The smallest absolute Gasteiger partial charge is 0.222 e. The Morgan fingerprint density at radius 1 is 1.53 bits per heavy atom. The minimum atomic E-state index is 0.0157. The number of anilines is 1. The zero-order valence-electron chi connectivity index (χ0n) is 11.3. The van der Waals surface area contributed by atoms with Crippen LogP contribution >= 0.6 is 0 Å². The monoisotopic (exact) mass is 263 g/mol. The van der Waals surface area contributed by atoms with E-state index >= 15 is 0 Å². The molecule has 1 aliphatic carbocycles. The summed E-state index contributed by atoms with van der Waals surface area (Å²) in [6.45, 7) is 3.58. The SMILES string of the molecule is CCOCCC(=O)NCc1ccnc(NC2CC2)c1. The summed E-state index contributed by atoms with van der Waals surface area (Å²) in [6.07, 6.45) is 4.62. The Morgan fingerprint density at radius 2 is 2.37 bits per heavy atom. The van der Waals surface area contributed by atoms with E-state index in [9.17, 15) is 4.79 Å². The molecule has 5 heteroatoms. The lowest BCUT2D eigenvalue weighted by Crippen LogP contribution is -2.24. The van der Waals surface area contributed by atoms with Crippen LogP contribution in [0.15, 0.2) is 18.3 Å². The first-order valence-corrected chi connectivity index (χ1v) is 6.84. The van der Waals surface area contributed by atoms with Gasteiger partial charge in [0.2, 0.25) is 5.91 Å². The van der Waals surface area contributed by atoms with Crippen molar-refractivity contribution in [2.75, 3.05) is 18.5 Å². The molecule has 0 aliphatic heterocycles. The second-order valence-electron chi connectivity index (χ2n) is 4.69. The number of hydrogen-bond acceptors (Lipinski definition) is 4. The van der Waals surface area contributed by atoms with Crippen LogP contribution in [0, 0.1) is 0 Å². The molecule has 104 valence electrons.